The third-order valence-corrected chi connectivity index (χ3v) is 4.43. The molecular weight excluding hydrogens is 376 g/mol. The quantitative estimate of drug-likeness (QED) is 0.199. The van der Waals surface area contributed by atoms with Crippen molar-refractivity contribution >= 4 is 36.3 Å². The predicted molar refractivity (Wildman–Crippen MR) is 102 cm³/mol. The Bertz CT molecular complexity index is 543. The van der Waals surface area contributed by atoms with Crippen molar-refractivity contribution in [3.8, 4) is 0 Å². The molecular formula is C16H30N4O6S. The van der Waals surface area contributed by atoms with E-state index in [1.54, 1.807) is 13.8 Å². The molecule has 0 aromatic heterocycles. The molecule has 0 aromatic carbocycles. The van der Waals surface area contributed by atoms with Crippen molar-refractivity contribution in [2.75, 3.05) is 5.75 Å². The van der Waals surface area contributed by atoms with E-state index in [4.69, 9.17) is 5.73 Å². The molecule has 0 aliphatic rings. The summed E-state index contributed by atoms with van der Waals surface area (Å²) in [5.74, 6) is -3.81. The van der Waals surface area contributed by atoms with E-state index in [-0.39, 0.29) is 11.7 Å². The normalized spacial score (nSPS) is 17.6. The maximum atomic E-state index is 12.4. The van der Waals surface area contributed by atoms with Crippen molar-refractivity contribution in [2.45, 2.75) is 64.4 Å². The monoisotopic (exact) mass is 406 g/mol. The van der Waals surface area contributed by atoms with Crippen LogP contribution in [0.1, 0.15) is 34.1 Å². The van der Waals surface area contributed by atoms with Crippen LogP contribution in [0.25, 0.3) is 0 Å². The Balaban J connectivity index is 5.15. The van der Waals surface area contributed by atoms with Crippen molar-refractivity contribution in [1.29, 1.82) is 0 Å². The van der Waals surface area contributed by atoms with E-state index in [0.717, 1.165) is 0 Å². The highest BCUT2D eigenvalue weighted by molar-refractivity contribution is 7.80. The zero-order chi connectivity index (χ0) is 21.3. The second-order valence-electron chi connectivity index (χ2n) is 6.47. The minimum absolute atomic E-state index is 0.113. The summed E-state index contributed by atoms with van der Waals surface area (Å²) in [5, 5.41) is 26.0. The molecule has 0 aliphatic heterocycles. The molecule has 0 fully saturated rings. The molecule has 0 heterocycles. The van der Waals surface area contributed by atoms with Gasteiger partial charge in [0.2, 0.25) is 17.7 Å². The van der Waals surface area contributed by atoms with Gasteiger partial charge in [0.15, 0.2) is 0 Å². The summed E-state index contributed by atoms with van der Waals surface area (Å²) in [7, 11) is 0. The lowest BCUT2D eigenvalue weighted by Gasteiger charge is -2.26. The minimum Gasteiger partial charge on any atom is -0.480 e. The Morgan fingerprint density at radius 2 is 1.48 bits per heavy atom. The fraction of sp³-hybridized carbons (Fsp3) is 0.750. The number of carbonyl (C=O) groups excluding carboxylic acids is 3. The van der Waals surface area contributed by atoms with Crippen LogP contribution >= 0.6 is 12.6 Å². The Morgan fingerprint density at radius 1 is 0.963 bits per heavy atom. The van der Waals surface area contributed by atoms with Crippen LogP contribution in [0.2, 0.25) is 0 Å². The molecule has 0 spiro atoms. The largest absolute Gasteiger partial charge is 0.480 e. The number of nitrogens with two attached hydrogens (primary N) is 1. The number of carbonyl (C=O) groups is 4. The summed E-state index contributed by atoms with van der Waals surface area (Å²) < 4.78 is 0. The number of hydrogen-bond donors (Lipinski definition) is 7. The average Bonchev–Trinajstić information content (AvgIpc) is 2.59. The lowest BCUT2D eigenvalue weighted by Crippen LogP contribution is -2.60. The van der Waals surface area contributed by atoms with Gasteiger partial charge in [0.25, 0.3) is 0 Å². The summed E-state index contributed by atoms with van der Waals surface area (Å²) in [6.45, 7) is 6.18. The summed E-state index contributed by atoms with van der Waals surface area (Å²) in [6, 6.07) is -4.49. The van der Waals surface area contributed by atoms with E-state index >= 15 is 0 Å². The third-order valence-electron chi connectivity index (χ3n) is 4.07. The Labute approximate surface area is 164 Å². The SMILES string of the molecule is CCC(C)C(NC(=O)C(CS)NC(=O)C(NC(=O)C(C)N)C(C)O)C(=O)O. The first-order valence-electron chi connectivity index (χ1n) is 8.64. The van der Waals surface area contributed by atoms with Gasteiger partial charge in [0.05, 0.1) is 12.1 Å². The first-order chi connectivity index (χ1) is 12.5. The summed E-state index contributed by atoms with van der Waals surface area (Å²) >= 11 is 4.01. The minimum atomic E-state index is -1.33. The molecule has 0 saturated carbocycles. The highest BCUT2D eigenvalue weighted by Gasteiger charge is 2.32. The second kappa shape index (κ2) is 11.8. The number of carboxylic acids is 1. The third kappa shape index (κ3) is 8.14. The molecule has 11 heteroatoms. The van der Waals surface area contributed by atoms with Crippen molar-refractivity contribution in [3.05, 3.63) is 0 Å². The molecule has 156 valence electrons. The number of aliphatic hydroxyl groups excluding tert-OH is 1. The Hall–Kier alpha value is -1.85. The van der Waals surface area contributed by atoms with Crippen molar-refractivity contribution < 1.29 is 29.4 Å². The molecule has 0 radical (unpaired) electrons. The van der Waals surface area contributed by atoms with Gasteiger partial charge in [0.1, 0.15) is 18.1 Å². The zero-order valence-corrected chi connectivity index (χ0v) is 16.8. The molecule has 0 saturated heterocycles. The molecule has 27 heavy (non-hydrogen) atoms. The van der Waals surface area contributed by atoms with Crippen molar-refractivity contribution in [2.24, 2.45) is 11.7 Å². The van der Waals surface area contributed by atoms with E-state index in [0.29, 0.717) is 6.42 Å². The molecule has 0 bridgehead atoms. The van der Waals surface area contributed by atoms with E-state index in [9.17, 15) is 29.4 Å². The smallest absolute Gasteiger partial charge is 0.326 e. The van der Waals surface area contributed by atoms with Crippen molar-refractivity contribution in [1.82, 2.24) is 16.0 Å². The fourth-order valence-corrected chi connectivity index (χ4v) is 2.34. The van der Waals surface area contributed by atoms with E-state index in [1.165, 1.54) is 13.8 Å². The molecule has 7 N–H and O–H groups in total. The van der Waals surface area contributed by atoms with Crippen LogP contribution in [0.4, 0.5) is 0 Å². The van der Waals surface area contributed by atoms with Crippen LogP contribution in [-0.2, 0) is 19.2 Å². The molecule has 0 aliphatic carbocycles. The first kappa shape index (κ1) is 25.1. The molecule has 3 amide bonds. The van der Waals surface area contributed by atoms with E-state index in [2.05, 4.69) is 28.6 Å². The number of amides is 3. The van der Waals surface area contributed by atoms with E-state index < -0.39 is 54.0 Å². The lowest BCUT2D eigenvalue weighted by molar-refractivity contribution is -0.143. The van der Waals surface area contributed by atoms with Gasteiger partial charge in [-0.2, -0.15) is 12.6 Å². The number of thiol groups is 1. The van der Waals surface area contributed by atoms with Crippen LogP contribution in [0, 0.1) is 5.92 Å². The fourth-order valence-electron chi connectivity index (χ4n) is 2.08. The molecule has 6 atom stereocenters. The van der Waals surface area contributed by atoms with Gasteiger partial charge < -0.3 is 31.9 Å². The number of rotatable bonds is 11. The van der Waals surface area contributed by atoms with Crippen molar-refractivity contribution in [3.63, 3.8) is 0 Å². The number of carboxylic acid groups (broad SMARTS) is 1. The summed E-state index contributed by atoms with van der Waals surface area (Å²) in [4.78, 5) is 47.8. The van der Waals surface area contributed by atoms with Gasteiger partial charge in [0, 0.05) is 5.75 Å². The molecule has 0 aromatic rings. The lowest BCUT2D eigenvalue weighted by atomic mass is 9.99. The van der Waals surface area contributed by atoms with Gasteiger partial charge in [-0.3, -0.25) is 14.4 Å². The van der Waals surface area contributed by atoms with E-state index in [1.807, 2.05) is 0 Å². The average molecular weight is 407 g/mol. The molecule has 10 nitrogen and oxygen atoms in total. The number of hydrogen-bond acceptors (Lipinski definition) is 7. The number of aliphatic carboxylic acids is 1. The van der Waals surface area contributed by atoms with Gasteiger partial charge in [-0.1, -0.05) is 20.3 Å². The maximum absolute atomic E-state index is 12.4. The Kier molecular flexibility index (Phi) is 11.0. The van der Waals surface area contributed by atoms with Crippen LogP contribution in [-0.4, -0.2) is 69.9 Å². The highest BCUT2D eigenvalue weighted by Crippen LogP contribution is 2.08. The summed E-state index contributed by atoms with van der Waals surface area (Å²) in [6.07, 6.45) is -0.717. The standard InChI is InChI=1S/C16H30N4O6S/c1-5-7(2)11(16(25)26)19-14(23)10(6-27)18-15(24)12(9(4)21)20-13(22)8(3)17/h7-12,21,27H,5-6,17H2,1-4H3,(H,18,24)(H,19,23)(H,20,22)(H,25,26). The molecule has 0 rings (SSSR count). The number of aliphatic hydroxyl groups is 1. The van der Waals surface area contributed by atoms with Gasteiger partial charge >= 0.3 is 5.97 Å². The predicted octanol–water partition coefficient (Wildman–Crippen LogP) is -1.77. The zero-order valence-electron chi connectivity index (χ0n) is 15.9. The second-order valence-corrected chi connectivity index (χ2v) is 6.83. The number of nitrogens with one attached hydrogen (secondary N) is 3. The van der Waals surface area contributed by atoms with Gasteiger partial charge in [-0.05, 0) is 19.8 Å². The topological polar surface area (TPSA) is 171 Å². The van der Waals surface area contributed by atoms with Crippen LogP contribution in [0.15, 0.2) is 0 Å². The highest BCUT2D eigenvalue weighted by atomic mass is 32.1. The summed E-state index contributed by atoms with van der Waals surface area (Å²) in [5.41, 5.74) is 5.43. The Morgan fingerprint density at radius 3 is 1.85 bits per heavy atom. The van der Waals surface area contributed by atoms with Crippen LogP contribution < -0.4 is 21.7 Å². The molecule has 6 unspecified atom stereocenters. The van der Waals surface area contributed by atoms with Crippen LogP contribution in [0.3, 0.4) is 0 Å². The van der Waals surface area contributed by atoms with Crippen LogP contribution in [0.5, 0.6) is 0 Å². The van der Waals surface area contributed by atoms with Gasteiger partial charge in [-0.15, -0.1) is 0 Å². The first-order valence-corrected chi connectivity index (χ1v) is 9.27. The van der Waals surface area contributed by atoms with Gasteiger partial charge in [-0.25, -0.2) is 4.79 Å². The maximum Gasteiger partial charge on any atom is 0.326 e.